The molecule has 0 bridgehead atoms. The molecule has 1 aromatic heterocycles. The van der Waals surface area contributed by atoms with Crippen molar-refractivity contribution in [1.29, 1.82) is 0 Å². The fourth-order valence-corrected chi connectivity index (χ4v) is 3.29. The van der Waals surface area contributed by atoms with E-state index in [9.17, 15) is 4.79 Å². The first kappa shape index (κ1) is 20.4. The second kappa shape index (κ2) is 8.36. The lowest BCUT2D eigenvalue weighted by Gasteiger charge is -2.30. The van der Waals surface area contributed by atoms with E-state index in [0.29, 0.717) is 35.1 Å². The molecule has 0 aliphatic carbocycles. The Balaban J connectivity index is 0.00000240. The van der Waals surface area contributed by atoms with Crippen LogP contribution in [0.15, 0.2) is 53.7 Å². The number of rotatable bonds is 4. The average molecular weight is 413 g/mol. The number of benzene rings is 2. The third-order valence-corrected chi connectivity index (χ3v) is 4.58. The molecule has 0 atom stereocenters. The number of hydrogen-bond donors (Lipinski definition) is 1. The number of fused-ring (bicyclic) bond motifs is 3. The smallest absolute Gasteiger partial charge is 0.242 e. The van der Waals surface area contributed by atoms with E-state index in [-0.39, 0.29) is 18.3 Å². The monoisotopic (exact) mass is 412 g/mol. The Labute approximate surface area is 174 Å². The largest absolute Gasteiger partial charge is 0.493 e. The number of carbonyl (C=O) groups is 1. The predicted octanol–water partition coefficient (Wildman–Crippen LogP) is 3.82. The highest BCUT2D eigenvalue weighted by atomic mass is 35.5. The molecule has 150 valence electrons. The number of hydrazine groups is 1. The molecule has 7 nitrogen and oxygen atoms in total. The van der Waals surface area contributed by atoms with E-state index < -0.39 is 0 Å². The Kier molecular flexibility index (Phi) is 5.89. The first-order valence-corrected chi connectivity index (χ1v) is 8.84. The Hall–Kier alpha value is -3.32. The van der Waals surface area contributed by atoms with Crippen molar-refractivity contribution in [2.75, 3.05) is 19.2 Å². The molecule has 0 saturated heterocycles. The number of carbonyl (C=O) groups excluding carboxylic acids is 1. The van der Waals surface area contributed by atoms with Gasteiger partial charge in [-0.05, 0) is 23.8 Å². The first-order chi connectivity index (χ1) is 13.6. The van der Waals surface area contributed by atoms with Crippen molar-refractivity contribution in [3.8, 4) is 11.5 Å². The molecule has 4 rings (SSSR count). The van der Waals surface area contributed by atoms with E-state index in [1.807, 2.05) is 42.5 Å². The quantitative estimate of drug-likeness (QED) is 0.705. The summed E-state index contributed by atoms with van der Waals surface area (Å²) in [4.78, 5) is 21.5. The van der Waals surface area contributed by atoms with Crippen molar-refractivity contribution >= 4 is 46.4 Å². The van der Waals surface area contributed by atoms with Crippen molar-refractivity contribution in [2.45, 2.75) is 13.3 Å². The predicted molar refractivity (Wildman–Crippen MR) is 116 cm³/mol. The molecule has 8 heteroatoms. The van der Waals surface area contributed by atoms with Crippen LogP contribution in [-0.4, -0.2) is 30.9 Å². The average Bonchev–Trinajstić information content (AvgIpc) is 2.72. The number of ether oxygens (including phenoxy) is 2. The van der Waals surface area contributed by atoms with Crippen LogP contribution < -0.4 is 19.9 Å². The van der Waals surface area contributed by atoms with E-state index in [1.54, 1.807) is 20.4 Å². The van der Waals surface area contributed by atoms with E-state index in [4.69, 9.17) is 14.5 Å². The van der Waals surface area contributed by atoms with Gasteiger partial charge in [-0.1, -0.05) is 24.3 Å². The summed E-state index contributed by atoms with van der Waals surface area (Å²) in [5.41, 5.74) is 6.31. The van der Waals surface area contributed by atoms with Gasteiger partial charge >= 0.3 is 0 Å². The Morgan fingerprint density at radius 3 is 2.59 bits per heavy atom. The number of aliphatic imine (C=N–C) groups is 1. The molecule has 1 aliphatic heterocycles. The molecule has 0 unspecified atom stereocenters. The number of aromatic nitrogens is 1. The van der Waals surface area contributed by atoms with Gasteiger partial charge in [0.15, 0.2) is 11.5 Å². The lowest BCUT2D eigenvalue weighted by Crippen LogP contribution is -2.48. The van der Waals surface area contributed by atoms with Crippen LogP contribution in [-0.2, 0) is 11.2 Å². The minimum Gasteiger partial charge on any atom is -0.493 e. The summed E-state index contributed by atoms with van der Waals surface area (Å²) in [7, 11) is 3.20. The van der Waals surface area contributed by atoms with E-state index in [0.717, 1.165) is 16.5 Å². The number of methoxy groups -OCH3 is 2. The van der Waals surface area contributed by atoms with Crippen LogP contribution >= 0.6 is 12.4 Å². The summed E-state index contributed by atoms with van der Waals surface area (Å²) >= 11 is 0. The fourth-order valence-electron chi connectivity index (χ4n) is 3.29. The van der Waals surface area contributed by atoms with Crippen LogP contribution in [0.4, 0.5) is 11.4 Å². The minimum absolute atomic E-state index is 0. The number of hydrogen-bond acceptors (Lipinski definition) is 6. The maximum Gasteiger partial charge on any atom is 0.242 e. The molecule has 0 radical (unpaired) electrons. The maximum atomic E-state index is 12.3. The molecule has 0 spiro atoms. The lowest BCUT2D eigenvalue weighted by molar-refractivity contribution is -0.117. The van der Waals surface area contributed by atoms with Gasteiger partial charge in [0.05, 0.1) is 25.9 Å². The van der Waals surface area contributed by atoms with Crippen molar-refractivity contribution in [3.05, 3.63) is 54.2 Å². The number of nitrogens with one attached hydrogen (secondary N) is 1. The zero-order chi connectivity index (χ0) is 19.7. The molecule has 2 heterocycles. The van der Waals surface area contributed by atoms with Crippen LogP contribution in [0.25, 0.3) is 10.9 Å². The molecule has 0 saturated carbocycles. The number of amidine groups is 1. The number of nitrogens with zero attached hydrogens (tertiary/aromatic N) is 3. The van der Waals surface area contributed by atoms with Crippen LogP contribution in [0.2, 0.25) is 0 Å². The number of halogens is 1. The molecular formula is C21H21ClN4O3. The molecular weight excluding hydrogens is 392 g/mol. The molecule has 0 fully saturated rings. The summed E-state index contributed by atoms with van der Waals surface area (Å²) in [6.07, 6.45) is 2.19. The van der Waals surface area contributed by atoms with Crippen molar-refractivity contribution < 1.29 is 14.3 Å². The molecule has 3 aromatic rings. The third kappa shape index (κ3) is 3.82. The standard InChI is InChI=1S/C21H20N4O3.ClH/c1-13(26)25-21-15-6-4-5-7-16(15)22-12-17(21)23-20(24-25)11-14-8-9-18(27-2)19(10-14)28-3;/h4-10,12H,11H2,1-3H3,(H,23,24);1H. The molecule has 29 heavy (non-hydrogen) atoms. The normalized spacial score (nSPS) is 12.4. The lowest BCUT2D eigenvalue weighted by atomic mass is 10.1. The van der Waals surface area contributed by atoms with Gasteiger partial charge in [0.2, 0.25) is 5.91 Å². The highest BCUT2D eigenvalue weighted by Crippen LogP contribution is 2.37. The zero-order valence-electron chi connectivity index (χ0n) is 16.3. The second-order valence-electron chi connectivity index (χ2n) is 6.40. The summed E-state index contributed by atoms with van der Waals surface area (Å²) < 4.78 is 10.7. The van der Waals surface area contributed by atoms with Gasteiger partial charge in [-0.15, -0.1) is 12.4 Å². The van der Waals surface area contributed by atoms with Crippen LogP contribution in [0.1, 0.15) is 12.5 Å². The molecule has 1 amide bonds. The Bertz CT molecular complexity index is 1100. The number of para-hydroxylation sites is 1. The van der Waals surface area contributed by atoms with E-state index in [1.165, 1.54) is 11.9 Å². The van der Waals surface area contributed by atoms with Gasteiger partial charge in [0, 0.05) is 18.7 Å². The van der Waals surface area contributed by atoms with Gasteiger partial charge in [0.1, 0.15) is 17.2 Å². The highest BCUT2D eigenvalue weighted by molar-refractivity contribution is 6.10. The summed E-state index contributed by atoms with van der Waals surface area (Å²) in [5.74, 6) is 1.83. The maximum absolute atomic E-state index is 12.3. The fraction of sp³-hybridized carbons (Fsp3) is 0.190. The first-order valence-electron chi connectivity index (χ1n) is 8.84. The summed E-state index contributed by atoms with van der Waals surface area (Å²) in [6, 6.07) is 13.4. The molecule has 1 N–H and O–H groups in total. The minimum atomic E-state index is -0.127. The number of anilines is 1. The van der Waals surface area contributed by atoms with Crippen molar-refractivity contribution in [2.24, 2.45) is 4.99 Å². The van der Waals surface area contributed by atoms with Gasteiger partial charge in [-0.3, -0.25) is 15.2 Å². The van der Waals surface area contributed by atoms with Gasteiger partial charge in [-0.2, -0.15) is 0 Å². The topological polar surface area (TPSA) is 76.1 Å². The Morgan fingerprint density at radius 1 is 1.10 bits per heavy atom. The Morgan fingerprint density at radius 2 is 1.86 bits per heavy atom. The highest BCUT2D eigenvalue weighted by Gasteiger charge is 2.25. The van der Waals surface area contributed by atoms with E-state index in [2.05, 4.69) is 10.4 Å². The zero-order valence-corrected chi connectivity index (χ0v) is 17.1. The summed E-state index contributed by atoms with van der Waals surface area (Å²) in [5, 5.41) is 2.40. The van der Waals surface area contributed by atoms with Gasteiger partial charge in [-0.25, -0.2) is 10.0 Å². The second-order valence-corrected chi connectivity index (χ2v) is 6.40. The van der Waals surface area contributed by atoms with Crippen molar-refractivity contribution in [1.82, 2.24) is 10.4 Å². The van der Waals surface area contributed by atoms with Crippen LogP contribution in [0, 0.1) is 0 Å². The van der Waals surface area contributed by atoms with Crippen molar-refractivity contribution in [3.63, 3.8) is 0 Å². The van der Waals surface area contributed by atoms with E-state index >= 15 is 0 Å². The number of amides is 1. The number of pyridine rings is 1. The SMILES string of the molecule is COc1ccc(CC2=Nc3cnc4ccccc4c3N(C(C)=O)N2)cc1OC.Cl. The molecule has 1 aliphatic rings. The van der Waals surface area contributed by atoms with Gasteiger partial charge < -0.3 is 9.47 Å². The van der Waals surface area contributed by atoms with Crippen LogP contribution in [0.3, 0.4) is 0 Å². The molecule has 2 aromatic carbocycles. The summed E-state index contributed by atoms with van der Waals surface area (Å²) in [6.45, 7) is 1.52. The third-order valence-electron chi connectivity index (χ3n) is 4.58. The van der Waals surface area contributed by atoms with Crippen LogP contribution in [0.5, 0.6) is 11.5 Å². The van der Waals surface area contributed by atoms with Gasteiger partial charge in [0.25, 0.3) is 0 Å².